The van der Waals surface area contributed by atoms with E-state index in [1.165, 1.54) is 55.3 Å². The van der Waals surface area contributed by atoms with E-state index in [1.807, 2.05) is 0 Å². The summed E-state index contributed by atoms with van der Waals surface area (Å²) in [5.74, 6) is 0. The third-order valence-electron chi connectivity index (χ3n) is 10.3. The summed E-state index contributed by atoms with van der Waals surface area (Å²) >= 11 is 0. The van der Waals surface area contributed by atoms with Crippen molar-refractivity contribution in [1.29, 1.82) is 0 Å². The smallest absolute Gasteiger partial charge is 0.0730 e. The minimum atomic E-state index is -2.77. The van der Waals surface area contributed by atoms with E-state index in [9.17, 15) is 0 Å². The maximum Gasteiger partial charge on any atom is 0.161 e. The molecular formula is C41H56Si. The molecule has 1 aliphatic carbocycles. The molecule has 0 amide bonds. The molecule has 4 rings (SSSR count). The molecule has 0 aliphatic heterocycles. The predicted octanol–water partition coefficient (Wildman–Crippen LogP) is 9.55. The van der Waals surface area contributed by atoms with Crippen molar-refractivity contribution in [3.8, 4) is 0 Å². The molecule has 2 atom stereocenters. The molecule has 224 valence electrons. The average molecular weight is 577 g/mol. The zero-order valence-electron chi connectivity index (χ0n) is 29.2. The average Bonchev–Trinajstić information content (AvgIpc) is 3.09. The first-order chi connectivity index (χ1) is 19.4. The van der Waals surface area contributed by atoms with E-state index >= 15 is 0 Å². The van der Waals surface area contributed by atoms with Crippen LogP contribution >= 0.6 is 0 Å². The molecule has 0 radical (unpaired) electrons. The first-order valence-electron chi connectivity index (χ1n) is 16.1. The summed E-state index contributed by atoms with van der Waals surface area (Å²) in [5, 5.41) is 4.50. The number of benzene rings is 3. The minimum absolute atomic E-state index is 0.0433. The lowest BCUT2D eigenvalue weighted by Gasteiger charge is -2.48. The Bertz CT molecular complexity index is 1490. The van der Waals surface area contributed by atoms with Crippen LogP contribution in [0.2, 0.25) is 5.04 Å². The quantitative estimate of drug-likeness (QED) is 0.202. The molecule has 0 saturated carbocycles. The van der Waals surface area contributed by atoms with Crippen LogP contribution < -0.4 is 15.6 Å². The predicted molar refractivity (Wildman–Crippen MR) is 190 cm³/mol. The van der Waals surface area contributed by atoms with Crippen LogP contribution in [0.15, 0.2) is 77.4 Å². The Morgan fingerprint density at radius 1 is 0.571 bits per heavy atom. The van der Waals surface area contributed by atoms with Gasteiger partial charge in [-0.05, 0) is 102 Å². The molecule has 0 spiro atoms. The summed E-state index contributed by atoms with van der Waals surface area (Å²) in [5.41, 5.74) is 13.0. The minimum Gasteiger partial charge on any atom is -0.0730 e. The highest BCUT2D eigenvalue weighted by molar-refractivity contribution is 7.14. The van der Waals surface area contributed by atoms with Gasteiger partial charge in [-0.3, -0.25) is 0 Å². The van der Waals surface area contributed by atoms with Crippen molar-refractivity contribution in [2.45, 2.75) is 126 Å². The van der Waals surface area contributed by atoms with Gasteiger partial charge in [-0.1, -0.05) is 145 Å². The van der Waals surface area contributed by atoms with Gasteiger partial charge >= 0.3 is 0 Å². The Morgan fingerprint density at radius 2 is 1.00 bits per heavy atom. The van der Waals surface area contributed by atoms with Crippen LogP contribution in [-0.4, -0.2) is 8.07 Å². The Morgan fingerprint density at radius 3 is 1.38 bits per heavy atom. The molecule has 1 heteroatoms. The van der Waals surface area contributed by atoms with Crippen molar-refractivity contribution in [3.05, 3.63) is 111 Å². The van der Waals surface area contributed by atoms with Crippen LogP contribution in [0.5, 0.6) is 0 Å². The molecule has 0 saturated heterocycles. The third-order valence-corrected chi connectivity index (χ3v) is 15.8. The second kappa shape index (κ2) is 11.1. The van der Waals surface area contributed by atoms with Crippen LogP contribution in [0.3, 0.4) is 0 Å². The van der Waals surface area contributed by atoms with Crippen LogP contribution in [0.4, 0.5) is 0 Å². The lowest BCUT2D eigenvalue weighted by atomic mass is 9.81. The summed E-state index contributed by atoms with van der Waals surface area (Å²) in [7, 11) is -2.77. The fourth-order valence-corrected chi connectivity index (χ4v) is 13.8. The van der Waals surface area contributed by atoms with E-state index in [-0.39, 0.29) is 15.9 Å². The fourth-order valence-electron chi connectivity index (χ4n) is 7.41. The fraction of sp³-hybridized carbons (Fsp3) is 0.463. The van der Waals surface area contributed by atoms with Gasteiger partial charge in [0.05, 0.1) is 0 Å². The molecule has 0 nitrogen and oxygen atoms in total. The molecule has 0 bridgehead atoms. The van der Waals surface area contributed by atoms with Gasteiger partial charge in [0, 0.05) is 5.04 Å². The summed E-state index contributed by atoms with van der Waals surface area (Å²) in [6.07, 6.45) is 4.76. The van der Waals surface area contributed by atoms with Crippen molar-refractivity contribution in [2.75, 3.05) is 0 Å². The van der Waals surface area contributed by atoms with E-state index in [2.05, 4.69) is 158 Å². The van der Waals surface area contributed by atoms with Gasteiger partial charge in [-0.15, -0.1) is 0 Å². The van der Waals surface area contributed by atoms with Crippen molar-refractivity contribution in [3.63, 3.8) is 0 Å². The SMILES string of the molecule is CCc1cc(CC)cc([Si](c2cc(C)cc(C)c2)(c2cc(C(C)(C)C)cc(C(C)(C)C)c2)C2(C)C=C(C)C(C)=C2C)c1. The molecule has 42 heavy (non-hydrogen) atoms. The Hall–Kier alpha value is -2.64. The molecule has 1 aliphatic rings. The second-order valence-electron chi connectivity index (χ2n) is 15.5. The molecule has 2 unspecified atom stereocenters. The highest BCUT2D eigenvalue weighted by Crippen LogP contribution is 2.53. The second-order valence-corrected chi connectivity index (χ2v) is 19.7. The number of hydrogen-bond acceptors (Lipinski definition) is 0. The van der Waals surface area contributed by atoms with E-state index in [0.29, 0.717) is 0 Å². The van der Waals surface area contributed by atoms with Gasteiger partial charge in [0.2, 0.25) is 0 Å². The Kier molecular flexibility index (Phi) is 8.55. The lowest BCUT2D eigenvalue weighted by Crippen LogP contribution is -2.73. The summed E-state index contributed by atoms with van der Waals surface area (Å²) in [6.45, 7) is 33.1. The van der Waals surface area contributed by atoms with Gasteiger partial charge in [-0.25, -0.2) is 0 Å². The van der Waals surface area contributed by atoms with Crippen molar-refractivity contribution >= 4 is 23.6 Å². The molecule has 0 heterocycles. The van der Waals surface area contributed by atoms with Crippen molar-refractivity contribution in [2.24, 2.45) is 0 Å². The van der Waals surface area contributed by atoms with Crippen LogP contribution in [0.25, 0.3) is 0 Å². The van der Waals surface area contributed by atoms with Gasteiger partial charge in [0.15, 0.2) is 8.07 Å². The van der Waals surface area contributed by atoms with Crippen molar-refractivity contribution < 1.29 is 0 Å². The normalized spacial score (nSPS) is 19.2. The molecular weight excluding hydrogens is 521 g/mol. The Balaban J connectivity index is 2.38. The van der Waals surface area contributed by atoms with Crippen LogP contribution in [0, 0.1) is 13.8 Å². The highest BCUT2D eigenvalue weighted by atomic mass is 28.3. The van der Waals surface area contributed by atoms with Gasteiger partial charge in [-0.2, -0.15) is 0 Å². The molecule has 0 fully saturated rings. The van der Waals surface area contributed by atoms with E-state index in [0.717, 1.165) is 12.8 Å². The number of allylic oxidation sites excluding steroid dienone is 4. The monoisotopic (exact) mass is 576 g/mol. The van der Waals surface area contributed by atoms with Crippen LogP contribution in [0.1, 0.15) is 116 Å². The standard InChI is InChI=1S/C41H56Si/c1-15-32-20-33(16-2)22-37(21-32)42(36-18-27(3)17-28(4)19-36,41(14)26-29(5)30(6)31(41)7)38-24-34(39(8,9)10)23-35(25-38)40(11,12)13/h17-26H,15-16H2,1-14H3. The van der Waals surface area contributed by atoms with E-state index in [4.69, 9.17) is 0 Å². The number of aryl methyl sites for hydroxylation is 4. The zero-order valence-corrected chi connectivity index (χ0v) is 30.2. The van der Waals surface area contributed by atoms with Crippen molar-refractivity contribution in [1.82, 2.24) is 0 Å². The largest absolute Gasteiger partial charge is 0.161 e. The molecule has 3 aromatic carbocycles. The summed E-state index contributed by atoms with van der Waals surface area (Å²) in [4.78, 5) is 0. The summed E-state index contributed by atoms with van der Waals surface area (Å²) in [6, 6.07) is 22.8. The van der Waals surface area contributed by atoms with Gasteiger partial charge in [0.25, 0.3) is 0 Å². The molecule has 0 N–H and O–H groups in total. The first kappa shape index (κ1) is 32.3. The zero-order chi connectivity index (χ0) is 31.4. The van der Waals surface area contributed by atoms with E-state index < -0.39 is 8.07 Å². The number of hydrogen-bond donors (Lipinski definition) is 0. The van der Waals surface area contributed by atoms with E-state index in [1.54, 1.807) is 10.4 Å². The van der Waals surface area contributed by atoms with Gasteiger partial charge in [0.1, 0.15) is 0 Å². The molecule has 3 aromatic rings. The molecule has 0 aromatic heterocycles. The number of rotatable bonds is 6. The summed E-state index contributed by atoms with van der Waals surface area (Å²) < 4.78 is 0. The maximum atomic E-state index is 2.66. The maximum absolute atomic E-state index is 2.77. The third kappa shape index (κ3) is 5.43. The Labute approximate surface area is 259 Å². The topological polar surface area (TPSA) is 0 Å². The van der Waals surface area contributed by atoms with Gasteiger partial charge < -0.3 is 0 Å². The van der Waals surface area contributed by atoms with Crippen LogP contribution in [-0.2, 0) is 23.7 Å². The highest BCUT2D eigenvalue weighted by Gasteiger charge is 2.56. The first-order valence-corrected chi connectivity index (χ1v) is 18.1. The lowest BCUT2D eigenvalue weighted by molar-refractivity contribution is 0.569.